The summed E-state index contributed by atoms with van der Waals surface area (Å²) in [5, 5.41) is 14.2. The Morgan fingerprint density at radius 2 is 1.84 bits per heavy atom. The van der Waals surface area contributed by atoms with E-state index in [1.807, 2.05) is 11.8 Å². The van der Waals surface area contributed by atoms with Crippen molar-refractivity contribution in [3.63, 3.8) is 0 Å². The number of rotatable bonds is 6. The van der Waals surface area contributed by atoms with Crippen molar-refractivity contribution in [3.8, 4) is 17.0 Å². The molecule has 1 aliphatic heterocycles. The van der Waals surface area contributed by atoms with Crippen LogP contribution in [0, 0.1) is 23.4 Å². The molecule has 0 bridgehead atoms. The normalized spacial score (nSPS) is 19.1. The Morgan fingerprint density at radius 1 is 1.13 bits per heavy atom. The second-order valence-electron chi connectivity index (χ2n) is 8.86. The Bertz CT molecular complexity index is 1340. The van der Waals surface area contributed by atoms with Crippen molar-refractivity contribution < 1.29 is 32.6 Å². The average Bonchev–Trinajstić information content (AvgIpc) is 2.86. The van der Waals surface area contributed by atoms with Crippen molar-refractivity contribution in [1.29, 1.82) is 0 Å². The molecular formula is C25H25F3N6O4. The van der Waals surface area contributed by atoms with Crippen molar-refractivity contribution in [2.24, 2.45) is 11.7 Å². The number of amides is 2. The number of nitrogens with one attached hydrogen (secondary N) is 2. The third-order valence-electron chi connectivity index (χ3n) is 6.26. The van der Waals surface area contributed by atoms with Crippen LogP contribution in [0.25, 0.3) is 11.3 Å². The van der Waals surface area contributed by atoms with Crippen molar-refractivity contribution >= 4 is 23.4 Å². The molecule has 3 heterocycles. The summed E-state index contributed by atoms with van der Waals surface area (Å²) in [5.41, 5.74) is 5.39. The van der Waals surface area contributed by atoms with Crippen LogP contribution in [0.5, 0.6) is 5.75 Å². The molecule has 5 N–H and O–H groups in total. The lowest BCUT2D eigenvalue weighted by atomic mass is 9.90. The van der Waals surface area contributed by atoms with Crippen LogP contribution in [0.15, 0.2) is 42.7 Å². The Kier molecular flexibility index (Phi) is 7.67. The van der Waals surface area contributed by atoms with Gasteiger partial charge in [0.2, 0.25) is 0 Å². The summed E-state index contributed by atoms with van der Waals surface area (Å²) in [5.74, 6) is -4.25. The first-order valence-corrected chi connectivity index (χ1v) is 11.5. The number of carboxylic acid groups (broad SMARTS) is 1. The van der Waals surface area contributed by atoms with Gasteiger partial charge in [-0.3, -0.25) is 9.78 Å². The quantitative estimate of drug-likeness (QED) is 0.381. The number of hydrogen-bond donors (Lipinski definition) is 4. The molecule has 1 aromatic carbocycles. The molecule has 13 heteroatoms. The number of methoxy groups -OCH3 is 1. The van der Waals surface area contributed by atoms with Gasteiger partial charge in [0.1, 0.15) is 34.6 Å². The van der Waals surface area contributed by atoms with E-state index in [2.05, 4.69) is 20.6 Å². The highest BCUT2D eigenvalue weighted by atomic mass is 19.1. The van der Waals surface area contributed by atoms with E-state index < -0.39 is 52.8 Å². The van der Waals surface area contributed by atoms with Gasteiger partial charge >= 0.3 is 6.09 Å². The topological polar surface area (TPSA) is 143 Å². The first kappa shape index (κ1) is 26.7. The summed E-state index contributed by atoms with van der Waals surface area (Å²) in [4.78, 5) is 34.0. The minimum absolute atomic E-state index is 0.0982. The van der Waals surface area contributed by atoms with Gasteiger partial charge in [0.25, 0.3) is 5.91 Å². The number of piperidine rings is 1. The van der Waals surface area contributed by atoms with Crippen molar-refractivity contribution in [2.45, 2.75) is 19.0 Å². The van der Waals surface area contributed by atoms with Crippen molar-refractivity contribution in [1.82, 2.24) is 15.3 Å². The Morgan fingerprint density at radius 3 is 2.47 bits per heavy atom. The third kappa shape index (κ3) is 5.47. The standard InChI is InChI=1S/C25H25F3N6O4/c1-12-10-34(11-17(29)22(12)33-25(36)37)20-5-6-30-9-19(20)32-24(35)18-4-3-14(26)23(31-18)21-15(27)7-13(38-2)8-16(21)28/h3-9,12,17,22,33H,10-11,29H2,1-2H3,(H,32,35)(H,36,37)/t12-,17+,22-/m0/s1. The van der Waals surface area contributed by atoms with E-state index >= 15 is 0 Å². The summed E-state index contributed by atoms with van der Waals surface area (Å²) in [7, 11) is 1.23. The van der Waals surface area contributed by atoms with E-state index in [1.54, 1.807) is 6.07 Å². The number of anilines is 2. The number of aromatic nitrogens is 2. The second-order valence-corrected chi connectivity index (χ2v) is 8.86. The molecule has 2 aromatic heterocycles. The number of halogens is 3. The summed E-state index contributed by atoms with van der Waals surface area (Å²) in [6.45, 7) is 2.57. The second kappa shape index (κ2) is 10.9. The highest BCUT2D eigenvalue weighted by molar-refractivity contribution is 6.04. The van der Waals surface area contributed by atoms with E-state index in [1.165, 1.54) is 19.5 Å². The first-order valence-electron chi connectivity index (χ1n) is 11.5. The monoisotopic (exact) mass is 530 g/mol. The van der Waals surface area contributed by atoms with E-state index in [0.29, 0.717) is 12.2 Å². The zero-order valence-corrected chi connectivity index (χ0v) is 20.4. The maximum Gasteiger partial charge on any atom is 0.404 e. The molecule has 1 saturated heterocycles. The fourth-order valence-electron chi connectivity index (χ4n) is 4.50. The Balaban J connectivity index is 1.60. The summed E-state index contributed by atoms with van der Waals surface area (Å²) in [6, 6.07) is 4.43. The van der Waals surface area contributed by atoms with Gasteiger partial charge in [0.15, 0.2) is 0 Å². The van der Waals surface area contributed by atoms with Crippen LogP contribution < -0.4 is 26.0 Å². The molecule has 0 spiro atoms. The predicted octanol–water partition coefficient (Wildman–Crippen LogP) is 3.24. The molecule has 1 fully saturated rings. The number of hydrogen-bond acceptors (Lipinski definition) is 7. The minimum Gasteiger partial charge on any atom is -0.497 e. The van der Waals surface area contributed by atoms with Crippen molar-refractivity contribution in [2.75, 3.05) is 30.4 Å². The SMILES string of the molecule is COc1cc(F)c(-c2nc(C(=O)Nc3cnccc3N3C[C@@H](N)[C@@H](NC(=O)O)[C@@H](C)C3)ccc2F)c(F)c1. The van der Waals surface area contributed by atoms with Crippen LogP contribution in [0.3, 0.4) is 0 Å². The molecule has 0 unspecified atom stereocenters. The molecule has 2 amide bonds. The number of carbonyl (C=O) groups is 2. The number of benzene rings is 1. The molecule has 4 rings (SSSR count). The van der Waals surface area contributed by atoms with Crippen LogP contribution in [0.4, 0.5) is 29.3 Å². The molecule has 0 aliphatic carbocycles. The van der Waals surface area contributed by atoms with Gasteiger partial charge in [-0.1, -0.05) is 6.92 Å². The Hall–Kier alpha value is -4.39. The smallest absolute Gasteiger partial charge is 0.404 e. The maximum atomic E-state index is 14.6. The molecule has 3 atom stereocenters. The molecule has 200 valence electrons. The summed E-state index contributed by atoms with van der Waals surface area (Å²) in [6.07, 6.45) is 1.76. The van der Waals surface area contributed by atoms with Gasteiger partial charge in [-0.2, -0.15) is 0 Å². The van der Waals surface area contributed by atoms with E-state index in [4.69, 9.17) is 15.6 Å². The van der Waals surface area contributed by atoms with E-state index in [9.17, 15) is 22.8 Å². The number of carbonyl (C=O) groups excluding carboxylic acids is 1. The molecule has 1 aliphatic rings. The van der Waals surface area contributed by atoms with Gasteiger partial charge in [0.05, 0.1) is 36.3 Å². The predicted molar refractivity (Wildman–Crippen MR) is 133 cm³/mol. The third-order valence-corrected chi connectivity index (χ3v) is 6.26. The van der Waals surface area contributed by atoms with Crippen LogP contribution in [0.1, 0.15) is 17.4 Å². The molecular weight excluding hydrogens is 505 g/mol. The number of nitrogens with zero attached hydrogens (tertiary/aromatic N) is 3. The summed E-state index contributed by atoms with van der Waals surface area (Å²) < 4.78 is 48.5. The summed E-state index contributed by atoms with van der Waals surface area (Å²) >= 11 is 0. The lowest BCUT2D eigenvalue weighted by Gasteiger charge is -2.42. The number of ether oxygens (including phenoxy) is 1. The van der Waals surface area contributed by atoms with Crippen molar-refractivity contribution in [3.05, 3.63) is 65.9 Å². The zero-order chi connectivity index (χ0) is 27.6. The van der Waals surface area contributed by atoms with Crippen LogP contribution in [0.2, 0.25) is 0 Å². The molecule has 38 heavy (non-hydrogen) atoms. The lowest BCUT2D eigenvalue weighted by Crippen LogP contribution is -2.61. The molecule has 0 saturated carbocycles. The zero-order valence-electron chi connectivity index (χ0n) is 20.4. The van der Waals surface area contributed by atoms with E-state index in [-0.39, 0.29) is 29.6 Å². The molecule has 3 aromatic rings. The van der Waals surface area contributed by atoms with Gasteiger partial charge in [-0.25, -0.2) is 22.9 Å². The van der Waals surface area contributed by atoms with Crippen LogP contribution >= 0.6 is 0 Å². The molecule has 0 radical (unpaired) electrons. The highest BCUT2D eigenvalue weighted by Crippen LogP contribution is 2.32. The Labute approximate surface area is 215 Å². The van der Waals surface area contributed by atoms with Gasteiger partial charge < -0.3 is 31.1 Å². The van der Waals surface area contributed by atoms with Gasteiger partial charge in [0, 0.05) is 37.5 Å². The first-order chi connectivity index (χ1) is 18.1. The fraction of sp³-hybridized carbons (Fsp3) is 0.280. The number of pyridine rings is 2. The van der Waals surface area contributed by atoms with E-state index in [0.717, 1.165) is 24.3 Å². The van der Waals surface area contributed by atoms with Crippen LogP contribution in [-0.4, -0.2) is 59.4 Å². The largest absolute Gasteiger partial charge is 0.497 e. The van der Waals surface area contributed by atoms with Crippen LogP contribution in [-0.2, 0) is 0 Å². The number of nitrogens with two attached hydrogens (primary N) is 1. The fourth-order valence-corrected chi connectivity index (χ4v) is 4.50. The maximum absolute atomic E-state index is 14.6. The average molecular weight is 531 g/mol. The van der Waals surface area contributed by atoms with Gasteiger partial charge in [-0.15, -0.1) is 0 Å². The lowest BCUT2D eigenvalue weighted by molar-refractivity contribution is 0.102. The highest BCUT2D eigenvalue weighted by Gasteiger charge is 2.34. The minimum atomic E-state index is -1.16. The van der Waals surface area contributed by atoms with Gasteiger partial charge in [-0.05, 0) is 24.1 Å². The molecule has 10 nitrogen and oxygen atoms in total.